The molecule has 0 saturated heterocycles. The third-order valence-corrected chi connectivity index (χ3v) is 6.71. The predicted molar refractivity (Wildman–Crippen MR) is 142 cm³/mol. The molecule has 33 heavy (non-hydrogen) atoms. The fraction of sp³-hybridized carbons (Fsp3) is 0.516. The van der Waals surface area contributed by atoms with Crippen LogP contribution in [0.4, 0.5) is 0 Å². The van der Waals surface area contributed by atoms with Gasteiger partial charge in [0, 0.05) is 0 Å². The SMILES string of the molecule is CCCCCCCCCCCCCCCCOC(=O)c1c2ccccc2cc2ccccc12. The molecule has 0 aliphatic heterocycles. The minimum Gasteiger partial charge on any atom is -0.462 e. The molecule has 0 spiro atoms. The summed E-state index contributed by atoms with van der Waals surface area (Å²) in [6.07, 6.45) is 18.6. The molecule has 0 aromatic heterocycles. The van der Waals surface area contributed by atoms with Gasteiger partial charge < -0.3 is 4.74 Å². The van der Waals surface area contributed by atoms with Crippen LogP contribution in [0.2, 0.25) is 0 Å². The zero-order chi connectivity index (χ0) is 23.1. The first-order valence-electron chi connectivity index (χ1n) is 13.4. The van der Waals surface area contributed by atoms with Gasteiger partial charge in [0.1, 0.15) is 0 Å². The van der Waals surface area contributed by atoms with Gasteiger partial charge in [-0.15, -0.1) is 0 Å². The summed E-state index contributed by atoms with van der Waals surface area (Å²) in [6.45, 7) is 2.79. The molecule has 0 fully saturated rings. The standard InChI is InChI=1S/C31H42O2/c1-2-3-4-5-6-7-8-9-10-11-12-13-14-19-24-33-31(32)30-28-22-17-15-20-26(28)25-27-21-16-18-23-29(27)30/h15-18,20-23,25H,2-14,19,24H2,1H3. The fourth-order valence-electron chi connectivity index (χ4n) is 4.77. The van der Waals surface area contributed by atoms with Crippen molar-refractivity contribution in [2.45, 2.75) is 96.8 Å². The minimum absolute atomic E-state index is 0.197. The molecule has 0 aliphatic carbocycles. The zero-order valence-corrected chi connectivity index (χ0v) is 20.6. The molecule has 2 nitrogen and oxygen atoms in total. The van der Waals surface area contributed by atoms with Crippen molar-refractivity contribution in [2.24, 2.45) is 0 Å². The maximum Gasteiger partial charge on any atom is 0.339 e. The lowest BCUT2D eigenvalue weighted by molar-refractivity contribution is 0.0502. The number of carbonyl (C=O) groups excluding carboxylic acids is 1. The van der Waals surface area contributed by atoms with E-state index >= 15 is 0 Å². The summed E-state index contributed by atoms with van der Waals surface area (Å²) >= 11 is 0. The van der Waals surface area contributed by atoms with Crippen molar-refractivity contribution in [1.82, 2.24) is 0 Å². The van der Waals surface area contributed by atoms with Crippen molar-refractivity contribution in [3.8, 4) is 0 Å². The van der Waals surface area contributed by atoms with Crippen molar-refractivity contribution in [3.63, 3.8) is 0 Å². The van der Waals surface area contributed by atoms with Gasteiger partial charge in [-0.05, 0) is 34.0 Å². The zero-order valence-electron chi connectivity index (χ0n) is 20.6. The number of benzene rings is 3. The molecule has 0 bridgehead atoms. The van der Waals surface area contributed by atoms with Gasteiger partial charge in [0.05, 0.1) is 12.2 Å². The molecule has 0 N–H and O–H groups in total. The van der Waals surface area contributed by atoms with E-state index in [2.05, 4.69) is 25.1 Å². The van der Waals surface area contributed by atoms with Crippen molar-refractivity contribution >= 4 is 27.5 Å². The van der Waals surface area contributed by atoms with Crippen LogP contribution in [0.1, 0.15) is 107 Å². The molecule has 3 aromatic carbocycles. The van der Waals surface area contributed by atoms with Crippen LogP contribution in [0, 0.1) is 0 Å². The Labute approximate surface area is 200 Å². The Kier molecular flexibility index (Phi) is 11.3. The van der Waals surface area contributed by atoms with Crippen LogP contribution in [0.25, 0.3) is 21.5 Å². The van der Waals surface area contributed by atoms with E-state index in [1.807, 2.05) is 36.4 Å². The molecule has 3 rings (SSSR count). The summed E-state index contributed by atoms with van der Waals surface area (Å²) < 4.78 is 5.71. The maximum absolute atomic E-state index is 13.0. The third-order valence-electron chi connectivity index (χ3n) is 6.71. The number of ether oxygens (including phenoxy) is 1. The lowest BCUT2D eigenvalue weighted by atomic mass is 9.97. The highest BCUT2D eigenvalue weighted by atomic mass is 16.5. The number of fused-ring (bicyclic) bond motifs is 2. The predicted octanol–water partition coefficient (Wildman–Crippen LogP) is 9.63. The monoisotopic (exact) mass is 446 g/mol. The van der Waals surface area contributed by atoms with Crippen LogP contribution in [0.15, 0.2) is 54.6 Å². The number of hydrogen-bond acceptors (Lipinski definition) is 2. The van der Waals surface area contributed by atoms with E-state index in [0.717, 1.165) is 34.4 Å². The summed E-state index contributed by atoms with van der Waals surface area (Å²) in [5.41, 5.74) is 0.703. The highest BCUT2D eigenvalue weighted by molar-refractivity contribution is 6.16. The number of unbranched alkanes of at least 4 members (excludes halogenated alkanes) is 13. The van der Waals surface area contributed by atoms with Crippen LogP contribution in [0.5, 0.6) is 0 Å². The van der Waals surface area contributed by atoms with Crippen LogP contribution in [0.3, 0.4) is 0 Å². The lowest BCUT2D eigenvalue weighted by Gasteiger charge is -2.11. The van der Waals surface area contributed by atoms with Crippen LogP contribution in [-0.2, 0) is 4.74 Å². The summed E-state index contributed by atoms with van der Waals surface area (Å²) in [4.78, 5) is 13.0. The van der Waals surface area contributed by atoms with Gasteiger partial charge in [0.2, 0.25) is 0 Å². The summed E-state index contributed by atoms with van der Waals surface area (Å²) in [5.74, 6) is -0.197. The van der Waals surface area contributed by atoms with Gasteiger partial charge in [-0.3, -0.25) is 0 Å². The Balaban J connectivity index is 1.31. The Hall–Kier alpha value is -2.35. The van der Waals surface area contributed by atoms with Crippen LogP contribution in [-0.4, -0.2) is 12.6 Å². The van der Waals surface area contributed by atoms with Gasteiger partial charge >= 0.3 is 5.97 Å². The van der Waals surface area contributed by atoms with Crippen molar-refractivity contribution in [2.75, 3.05) is 6.61 Å². The van der Waals surface area contributed by atoms with Crippen LogP contribution < -0.4 is 0 Å². The van der Waals surface area contributed by atoms with E-state index in [0.29, 0.717) is 12.2 Å². The molecule has 2 heteroatoms. The molecule has 178 valence electrons. The highest BCUT2D eigenvalue weighted by Gasteiger charge is 2.15. The van der Waals surface area contributed by atoms with Gasteiger partial charge in [-0.2, -0.15) is 0 Å². The summed E-state index contributed by atoms with van der Waals surface area (Å²) in [7, 11) is 0. The number of rotatable bonds is 16. The van der Waals surface area contributed by atoms with E-state index in [-0.39, 0.29) is 5.97 Å². The Morgan fingerprint density at radius 2 is 1.03 bits per heavy atom. The minimum atomic E-state index is -0.197. The highest BCUT2D eigenvalue weighted by Crippen LogP contribution is 2.29. The second-order valence-corrected chi connectivity index (χ2v) is 9.43. The first-order valence-corrected chi connectivity index (χ1v) is 13.4. The molecule has 0 amide bonds. The Bertz CT molecular complexity index is 921. The van der Waals surface area contributed by atoms with E-state index in [1.165, 1.54) is 77.0 Å². The average molecular weight is 447 g/mol. The average Bonchev–Trinajstić information content (AvgIpc) is 2.84. The lowest BCUT2D eigenvalue weighted by Crippen LogP contribution is -2.08. The summed E-state index contributed by atoms with van der Waals surface area (Å²) in [6, 6.07) is 18.3. The molecule has 0 aliphatic rings. The van der Waals surface area contributed by atoms with Gasteiger partial charge in [0.15, 0.2) is 0 Å². The first-order chi connectivity index (χ1) is 16.3. The topological polar surface area (TPSA) is 26.3 Å². The second-order valence-electron chi connectivity index (χ2n) is 9.43. The molecular formula is C31H42O2. The van der Waals surface area contributed by atoms with Gasteiger partial charge in [-0.1, -0.05) is 139 Å². The Morgan fingerprint density at radius 3 is 1.52 bits per heavy atom. The molecule has 3 aromatic rings. The number of hydrogen-bond donors (Lipinski definition) is 0. The van der Waals surface area contributed by atoms with E-state index < -0.39 is 0 Å². The first kappa shape index (κ1) is 25.3. The normalized spacial score (nSPS) is 11.3. The van der Waals surface area contributed by atoms with Crippen molar-refractivity contribution in [3.05, 3.63) is 60.2 Å². The smallest absolute Gasteiger partial charge is 0.339 e. The second kappa shape index (κ2) is 14.7. The van der Waals surface area contributed by atoms with Crippen molar-refractivity contribution in [1.29, 1.82) is 0 Å². The molecular weight excluding hydrogens is 404 g/mol. The van der Waals surface area contributed by atoms with Gasteiger partial charge in [0.25, 0.3) is 0 Å². The fourth-order valence-corrected chi connectivity index (χ4v) is 4.77. The maximum atomic E-state index is 13.0. The summed E-state index contributed by atoms with van der Waals surface area (Å²) in [5, 5.41) is 4.11. The quantitative estimate of drug-likeness (QED) is 0.124. The van der Waals surface area contributed by atoms with E-state index in [1.54, 1.807) is 0 Å². The largest absolute Gasteiger partial charge is 0.462 e. The van der Waals surface area contributed by atoms with E-state index in [9.17, 15) is 4.79 Å². The molecule has 0 heterocycles. The Morgan fingerprint density at radius 1 is 0.606 bits per heavy atom. The van der Waals surface area contributed by atoms with Crippen molar-refractivity contribution < 1.29 is 9.53 Å². The number of esters is 1. The molecule has 0 saturated carbocycles. The molecule has 0 radical (unpaired) electrons. The van der Waals surface area contributed by atoms with Crippen LogP contribution >= 0.6 is 0 Å². The third kappa shape index (κ3) is 8.18. The van der Waals surface area contributed by atoms with E-state index in [4.69, 9.17) is 4.74 Å². The van der Waals surface area contributed by atoms with Gasteiger partial charge in [-0.25, -0.2) is 4.79 Å². The molecule has 0 unspecified atom stereocenters. The number of carbonyl (C=O) groups is 1. The molecule has 0 atom stereocenters.